The number of benzene rings is 2. The van der Waals surface area contributed by atoms with Crippen molar-refractivity contribution in [3.05, 3.63) is 71.5 Å². The first-order chi connectivity index (χ1) is 10.8. The maximum absolute atomic E-state index is 5.76. The monoisotopic (exact) mass is 292 g/mol. The van der Waals surface area contributed by atoms with Crippen LogP contribution < -0.4 is 4.74 Å². The Kier molecular flexibility index (Phi) is 4.25. The molecule has 1 heterocycles. The molecule has 0 aliphatic carbocycles. The number of aliphatic imine (C=N–C) groups is 1. The van der Waals surface area contributed by atoms with Gasteiger partial charge in [0, 0.05) is 6.21 Å². The first-order valence-electron chi connectivity index (χ1n) is 6.97. The van der Waals surface area contributed by atoms with E-state index < -0.39 is 0 Å². The van der Waals surface area contributed by atoms with Gasteiger partial charge in [0.05, 0.1) is 0 Å². The van der Waals surface area contributed by atoms with E-state index in [4.69, 9.17) is 4.74 Å². The third-order valence-electron chi connectivity index (χ3n) is 3.14. The highest BCUT2D eigenvalue weighted by molar-refractivity contribution is 5.81. The molecule has 110 valence electrons. The summed E-state index contributed by atoms with van der Waals surface area (Å²) in [4.78, 5) is 8.10. The van der Waals surface area contributed by atoms with Crippen LogP contribution in [0.3, 0.4) is 0 Å². The summed E-state index contributed by atoms with van der Waals surface area (Å²) in [5.74, 6) is 1.32. The van der Waals surface area contributed by atoms with E-state index in [1.807, 2.05) is 24.3 Å². The Morgan fingerprint density at radius 1 is 1.09 bits per heavy atom. The van der Waals surface area contributed by atoms with Gasteiger partial charge in [-0.2, -0.15) is 10.1 Å². The van der Waals surface area contributed by atoms with Gasteiger partial charge in [-0.3, -0.25) is 0 Å². The zero-order valence-corrected chi connectivity index (χ0v) is 12.2. The highest BCUT2D eigenvalue weighted by Gasteiger charge is 1.97. The van der Waals surface area contributed by atoms with Crippen LogP contribution in [0.2, 0.25) is 0 Å². The molecule has 22 heavy (non-hydrogen) atoms. The normalized spacial score (nSPS) is 11.0. The van der Waals surface area contributed by atoms with Gasteiger partial charge < -0.3 is 4.74 Å². The quantitative estimate of drug-likeness (QED) is 0.733. The summed E-state index contributed by atoms with van der Waals surface area (Å²) in [6, 6.07) is 16.1. The Balaban J connectivity index is 1.58. The van der Waals surface area contributed by atoms with Crippen LogP contribution in [-0.4, -0.2) is 21.4 Å². The van der Waals surface area contributed by atoms with Gasteiger partial charge in [-0.05, 0) is 42.3 Å². The molecule has 0 saturated carbocycles. The van der Waals surface area contributed by atoms with Crippen LogP contribution in [-0.2, 0) is 6.61 Å². The van der Waals surface area contributed by atoms with Gasteiger partial charge >= 0.3 is 0 Å². The fraction of sp³-hybridized carbons (Fsp3) is 0.118. The smallest absolute Gasteiger partial charge is 0.245 e. The lowest BCUT2D eigenvalue weighted by Gasteiger charge is -2.06. The summed E-state index contributed by atoms with van der Waals surface area (Å²) >= 11 is 0. The average molecular weight is 292 g/mol. The average Bonchev–Trinajstić information content (AvgIpc) is 3.07. The summed E-state index contributed by atoms with van der Waals surface area (Å²) in [5.41, 5.74) is 3.37. The van der Waals surface area contributed by atoms with E-state index in [9.17, 15) is 0 Å². The first kappa shape index (κ1) is 14.0. The molecular formula is C17H16N4O. The molecule has 0 saturated heterocycles. The van der Waals surface area contributed by atoms with E-state index >= 15 is 0 Å². The largest absolute Gasteiger partial charge is 0.489 e. The summed E-state index contributed by atoms with van der Waals surface area (Å²) in [6.45, 7) is 2.63. The summed E-state index contributed by atoms with van der Waals surface area (Å²) < 4.78 is 5.76. The predicted molar refractivity (Wildman–Crippen MR) is 85.6 cm³/mol. The van der Waals surface area contributed by atoms with Gasteiger partial charge in [-0.15, -0.1) is 0 Å². The Morgan fingerprint density at radius 2 is 1.86 bits per heavy atom. The van der Waals surface area contributed by atoms with Crippen molar-refractivity contribution >= 4 is 12.2 Å². The second-order valence-corrected chi connectivity index (χ2v) is 4.91. The minimum absolute atomic E-state index is 0.486. The van der Waals surface area contributed by atoms with Crippen molar-refractivity contribution in [2.75, 3.05) is 0 Å². The molecule has 0 radical (unpaired) electrons. The molecule has 0 bridgehead atoms. The van der Waals surface area contributed by atoms with Crippen LogP contribution in [0.1, 0.15) is 16.7 Å². The van der Waals surface area contributed by atoms with E-state index in [-0.39, 0.29) is 0 Å². The number of nitrogens with one attached hydrogen (secondary N) is 1. The number of hydrogen-bond acceptors (Lipinski definition) is 4. The van der Waals surface area contributed by atoms with Gasteiger partial charge in [-0.25, -0.2) is 10.1 Å². The molecule has 0 unspecified atom stereocenters. The molecule has 5 nitrogen and oxygen atoms in total. The molecule has 0 amide bonds. The van der Waals surface area contributed by atoms with Crippen molar-refractivity contribution in [2.24, 2.45) is 4.99 Å². The van der Waals surface area contributed by atoms with Crippen LogP contribution in [0.5, 0.6) is 5.75 Å². The number of aromatic nitrogens is 3. The standard InChI is InChI=1S/C17H16N4O/c1-13-2-4-15(5-3-13)11-22-16-8-6-14(7-9-16)10-18-17-19-12-20-21-17/h2-10,12H,11H2,1H3,(H,19,20,21)/b18-10+. The molecule has 5 heteroatoms. The van der Waals surface area contributed by atoms with Gasteiger partial charge in [0.2, 0.25) is 5.95 Å². The second-order valence-electron chi connectivity index (χ2n) is 4.91. The van der Waals surface area contributed by atoms with E-state index in [1.54, 1.807) is 6.21 Å². The van der Waals surface area contributed by atoms with Gasteiger partial charge in [0.25, 0.3) is 0 Å². The van der Waals surface area contributed by atoms with E-state index in [1.165, 1.54) is 11.9 Å². The maximum atomic E-state index is 5.76. The highest BCUT2D eigenvalue weighted by Crippen LogP contribution is 2.14. The molecule has 1 N–H and O–H groups in total. The van der Waals surface area contributed by atoms with Gasteiger partial charge in [-0.1, -0.05) is 29.8 Å². The van der Waals surface area contributed by atoms with E-state index in [2.05, 4.69) is 51.4 Å². The number of rotatable bonds is 5. The predicted octanol–water partition coefficient (Wildman–Crippen LogP) is 3.44. The third-order valence-corrected chi connectivity index (χ3v) is 3.14. The zero-order valence-electron chi connectivity index (χ0n) is 12.2. The molecule has 2 aromatic carbocycles. The summed E-state index contributed by atoms with van der Waals surface area (Å²) in [6.07, 6.45) is 3.15. The summed E-state index contributed by atoms with van der Waals surface area (Å²) in [7, 11) is 0. The molecule has 0 aliphatic rings. The van der Waals surface area contributed by atoms with Crippen LogP contribution in [0.4, 0.5) is 5.95 Å². The highest BCUT2D eigenvalue weighted by atomic mass is 16.5. The number of nitrogens with zero attached hydrogens (tertiary/aromatic N) is 3. The molecule has 0 atom stereocenters. The van der Waals surface area contributed by atoms with Crippen LogP contribution in [0.15, 0.2) is 59.9 Å². The van der Waals surface area contributed by atoms with Gasteiger partial charge in [0.1, 0.15) is 18.7 Å². The Labute approximate surface area is 128 Å². The van der Waals surface area contributed by atoms with Gasteiger partial charge in [0.15, 0.2) is 0 Å². The van der Waals surface area contributed by atoms with Crippen molar-refractivity contribution in [3.8, 4) is 5.75 Å². The zero-order chi connectivity index (χ0) is 15.2. The molecule has 0 fully saturated rings. The molecule has 3 aromatic rings. The molecular weight excluding hydrogens is 276 g/mol. The Hall–Kier alpha value is -2.95. The lowest BCUT2D eigenvalue weighted by atomic mass is 10.2. The number of aromatic amines is 1. The van der Waals surface area contributed by atoms with Crippen molar-refractivity contribution < 1.29 is 4.74 Å². The molecule has 3 rings (SSSR count). The van der Waals surface area contributed by atoms with Crippen molar-refractivity contribution in [2.45, 2.75) is 13.5 Å². The van der Waals surface area contributed by atoms with Crippen molar-refractivity contribution in [3.63, 3.8) is 0 Å². The van der Waals surface area contributed by atoms with E-state index in [0.29, 0.717) is 12.6 Å². The minimum atomic E-state index is 0.486. The number of ether oxygens (including phenoxy) is 1. The Bertz CT molecular complexity index is 731. The minimum Gasteiger partial charge on any atom is -0.489 e. The van der Waals surface area contributed by atoms with Crippen molar-refractivity contribution in [1.29, 1.82) is 0 Å². The van der Waals surface area contributed by atoms with Crippen LogP contribution >= 0.6 is 0 Å². The molecule has 0 aliphatic heterocycles. The number of hydrogen-bond donors (Lipinski definition) is 1. The van der Waals surface area contributed by atoms with Crippen LogP contribution in [0.25, 0.3) is 0 Å². The fourth-order valence-electron chi connectivity index (χ4n) is 1.90. The summed E-state index contributed by atoms with van der Waals surface area (Å²) in [5, 5.41) is 6.41. The van der Waals surface area contributed by atoms with Crippen LogP contribution in [0, 0.1) is 6.92 Å². The SMILES string of the molecule is Cc1ccc(COc2ccc(/C=N/c3ncn[nH]3)cc2)cc1. The van der Waals surface area contributed by atoms with Crippen molar-refractivity contribution in [1.82, 2.24) is 15.2 Å². The Morgan fingerprint density at radius 3 is 2.55 bits per heavy atom. The lowest BCUT2D eigenvalue weighted by molar-refractivity contribution is 0.306. The maximum Gasteiger partial charge on any atom is 0.245 e. The third kappa shape index (κ3) is 3.79. The number of aryl methyl sites for hydroxylation is 1. The second kappa shape index (κ2) is 6.67. The lowest BCUT2D eigenvalue weighted by Crippen LogP contribution is -1.95. The molecule has 0 spiro atoms. The fourth-order valence-corrected chi connectivity index (χ4v) is 1.90. The first-order valence-corrected chi connectivity index (χ1v) is 6.97. The van der Waals surface area contributed by atoms with E-state index in [0.717, 1.165) is 16.9 Å². The number of H-pyrrole nitrogens is 1. The topological polar surface area (TPSA) is 63.2 Å². The molecule has 1 aromatic heterocycles.